The van der Waals surface area contributed by atoms with Crippen LogP contribution in [0.2, 0.25) is 0 Å². The standard InChI is InChI=1S/C13H18N6O3/c1-4-17-7-5-11(16-17)13(20)14-6-8-18-10(3)12(19(21)22)9(2)15-18/h5,7H,4,6,8H2,1-3H3,(H,14,20). The molecule has 0 spiro atoms. The molecule has 0 aliphatic rings. The minimum atomic E-state index is -0.440. The van der Waals surface area contributed by atoms with Gasteiger partial charge in [-0.15, -0.1) is 0 Å². The summed E-state index contributed by atoms with van der Waals surface area (Å²) >= 11 is 0. The number of carbonyl (C=O) groups is 1. The minimum Gasteiger partial charge on any atom is -0.349 e. The first-order valence-corrected chi connectivity index (χ1v) is 6.94. The molecule has 0 saturated carbocycles. The van der Waals surface area contributed by atoms with Crippen molar-refractivity contribution in [2.45, 2.75) is 33.9 Å². The van der Waals surface area contributed by atoms with Crippen LogP contribution < -0.4 is 5.32 Å². The third-order valence-corrected chi connectivity index (χ3v) is 3.33. The van der Waals surface area contributed by atoms with Crippen molar-refractivity contribution < 1.29 is 9.72 Å². The van der Waals surface area contributed by atoms with Crippen LogP contribution in [0.4, 0.5) is 5.69 Å². The van der Waals surface area contributed by atoms with E-state index in [0.717, 1.165) is 0 Å². The molecular weight excluding hydrogens is 288 g/mol. The normalized spacial score (nSPS) is 10.7. The minimum absolute atomic E-state index is 0.0213. The molecule has 118 valence electrons. The quantitative estimate of drug-likeness (QED) is 0.634. The number of nitrogens with one attached hydrogen (secondary N) is 1. The number of nitrogens with zero attached hydrogens (tertiary/aromatic N) is 5. The van der Waals surface area contributed by atoms with E-state index in [9.17, 15) is 14.9 Å². The van der Waals surface area contributed by atoms with E-state index in [1.807, 2.05) is 6.92 Å². The van der Waals surface area contributed by atoms with Gasteiger partial charge in [0.25, 0.3) is 5.91 Å². The first kappa shape index (κ1) is 15.7. The molecule has 1 N–H and O–H groups in total. The number of hydrogen-bond acceptors (Lipinski definition) is 5. The van der Waals surface area contributed by atoms with Crippen molar-refractivity contribution in [2.24, 2.45) is 0 Å². The van der Waals surface area contributed by atoms with Crippen molar-refractivity contribution in [2.75, 3.05) is 6.54 Å². The first-order chi connectivity index (χ1) is 10.4. The molecule has 0 aliphatic carbocycles. The number of amides is 1. The van der Waals surface area contributed by atoms with Crippen LogP contribution in [-0.2, 0) is 13.1 Å². The summed E-state index contributed by atoms with van der Waals surface area (Å²) in [7, 11) is 0. The highest BCUT2D eigenvalue weighted by Crippen LogP contribution is 2.21. The van der Waals surface area contributed by atoms with Crippen molar-refractivity contribution in [1.82, 2.24) is 24.9 Å². The van der Waals surface area contributed by atoms with Crippen LogP contribution >= 0.6 is 0 Å². The Bertz CT molecular complexity index is 703. The third-order valence-electron chi connectivity index (χ3n) is 3.33. The molecule has 0 unspecified atom stereocenters. The SMILES string of the molecule is CCn1ccc(C(=O)NCCn2nc(C)c([N+](=O)[O-])c2C)n1. The van der Waals surface area contributed by atoms with E-state index in [1.165, 1.54) is 4.68 Å². The van der Waals surface area contributed by atoms with Crippen molar-refractivity contribution in [3.63, 3.8) is 0 Å². The Morgan fingerprint density at radius 1 is 1.41 bits per heavy atom. The van der Waals surface area contributed by atoms with E-state index in [4.69, 9.17) is 0 Å². The number of nitro groups is 1. The fourth-order valence-corrected chi connectivity index (χ4v) is 2.19. The molecule has 2 rings (SSSR count). The maximum atomic E-state index is 11.9. The van der Waals surface area contributed by atoms with Crippen molar-refractivity contribution >= 4 is 11.6 Å². The Kier molecular flexibility index (Phi) is 4.54. The Labute approximate surface area is 127 Å². The third kappa shape index (κ3) is 3.13. The van der Waals surface area contributed by atoms with Crippen LogP contribution in [0.15, 0.2) is 12.3 Å². The lowest BCUT2D eigenvalue weighted by atomic mass is 10.3. The summed E-state index contributed by atoms with van der Waals surface area (Å²) in [6, 6.07) is 1.65. The fourth-order valence-electron chi connectivity index (χ4n) is 2.19. The molecule has 0 radical (unpaired) electrons. The van der Waals surface area contributed by atoms with Gasteiger partial charge in [-0.1, -0.05) is 0 Å². The Morgan fingerprint density at radius 3 is 2.68 bits per heavy atom. The molecule has 0 aromatic carbocycles. The van der Waals surface area contributed by atoms with Gasteiger partial charge < -0.3 is 5.32 Å². The van der Waals surface area contributed by atoms with Gasteiger partial charge in [0, 0.05) is 19.3 Å². The highest BCUT2D eigenvalue weighted by atomic mass is 16.6. The van der Waals surface area contributed by atoms with Crippen molar-refractivity contribution in [1.29, 1.82) is 0 Å². The summed E-state index contributed by atoms with van der Waals surface area (Å²) in [6.07, 6.45) is 1.74. The Balaban J connectivity index is 1.95. The van der Waals surface area contributed by atoms with Crippen LogP contribution in [0.25, 0.3) is 0 Å². The van der Waals surface area contributed by atoms with E-state index < -0.39 is 4.92 Å². The maximum absolute atomic E-state index is 11.9. The second-order valence-corrected chi connectivity index (χ2v) is 4.81. The second-order valence-electron chi connectivity index (χ2n) is 4.81. The molecule has 2 heterocycles. The molecule has 0 saturated heterocycles. The van der Waals surface area contributed by atoms with Crippen molar-refractivity contribution in [3.05, 3.63) is 39.5 Å². The smallest absolute Gasteiger partial charge is 0.312 e. The highest BCUT2D eigenvalue weighted by molar-refractivity contribution is 5.92. The number of rotatable bonds is 6. The van der Waals surface area contributed by atoms with Crippen molar-refractivity contribution in [3.8, 4) is 0 Å². The molecule has 9 heteroatoms. The Hall–Kier alpha value is -2.71. The van der Waals surface area contributed by atoms with Gasteiger partial charge in [-0.3, -0.25) is 24.3 Å². The molecule has 9 nitrogen and oxygen atoms in total. The lowest BCUT2D eigenvalue weighted by molar-refractivity contribution is -0.386. The van der Waals surface area contributed by atoms with Gasteiger partial charge in [0.15, 0.2) is 0 Å². The summed E-state index contributed by atoms with van der Waals surface area (Å²) < 4.78 is 3.19. The van der Waals surface area contributed by atoms with Crippen LogP contribution in [0.3, 0.4) is 0 Å². The van der Waals surface area contributed by atoms with Gasteiger partial charge in [0.05, 0.1) is 11.5 Å². The van der Waals surface area contributed by atoms with E-state index in [0.29, 0.717) is 36.7 Å². The maximum Gasteiger partial charge on any atom is 0.312 e. The predicted octanol–water partition coefficient (Wildman–Crippen LogP) is 1.05. The van der Waals surface area contributed by atoms with Gasteiger partial charge in [-0.05, 0) is 26.8 Å². The first-order valence-electron chi connectivity index (χ1n) is 6.94. The lowest BCUT2D eigenvalue weighted by Crippen LogP contribution is -2.28. The molecule has 0 fully saturated rings. The number of aromatic nitrogens is 4. The van der Waals surface area contributed by atoms with Gasteiger partial charge >= 0.3 is 5.69 Å². The van der Waals surface area contributed by atoms with Gasteiger partial charge in [-0.2, -0.15) is 10.2 Å². The molecule has 22 heavy (non-hydrogen) atoms. The number of carbonyl (C=O) groups excluding carboxylic acids is 1. The fraction of sp³-hybridized carbons (Fsp3) is 0.462. The molecule has 2 aromatic heterocycles. The molecule has 0 bridgehead atoms. The molecule has 0 aliphatic heterocycles. The number of aryl methyl sites for hydroxylation is 2. The summed E-state index contributed by atoms with van der Waals surface area (Å²) in [4.78, 5) is 22.4. The van der Waals surface area contributed by atoms with E-state index in [2.05, 4.69) is 15.5 Å². The zero-order valence-electron chi connectivity index (χ0n) is 12.7. The van der Waals surface area contributed by atoms with Gasteiger partial charge in [-0.25, -0.2) is 0 Å². The van der Waals surface area contributed by atoms with Crippen LogP contribution in [-0.4, -0.2) is 36.9 Å². The molecule has 2 aromatic rings. The molecular formula is C13H18N6O3. The molecule has 0 atom stereocenters. The van der Waals surface area contributed by atoms with E-state index in [1.54, 1.807) is 30.8 Å². The summed E-state index contributed by atoms with van der Waals surface area (Å²) in [5.74, 6) is -0.275. The summed E-state index contributed by atoms with van der Waals surface area (Å²) in [5, 5.41) is 21.9. The second kappa shape index (κ2) is 6.37. The summed E-state index contributed by atoms with van der Waals surface area (Å²) in [6.45, 7) is 6.55. The highest BCUT2D eigenvalue weighted by Gasteiger charge is 2.21. The van der Waals surface area contributed by atoms with Crippen LogP contribution in [0.5, 0.6) is 0 Å². The predicted molar refractivity (Wildman–Crippen MR) is 78.6 cm³/mol. The monoisotopic (exact) mass is 306 g/mol. The average Bonchev–Trinajstić information content (AvgIpc) is 3.04. The molecule has 1 amide bonds. The van der Waals surface area contributed by atoms with Gasteiger partial charge in [0.2, 0.25) is 0 Å². The summed E-state index contributed by atoms with van der Waals surface area (Å²) in [5.41, 5.74) is 1.22. The zero-order chi connectivity index (χ0) is 16.3. The van der Waals surface area contributed by atoms with Crippen LogP contribution in [0.1, 0.15) is 28.8 Å². The average molecular weight is 306 g/mol. The lowest BCUT2D eigenvalue weighted by Gasteiger charge is -2.05. The van der Waals surface area contributed by atoms with E-state index in [-0.39, 0.29) is 11.6 Å². The Morgan fingerprint density at radius 2 is 2.14 bits per heavy atom. The number of hydrogen-bond donors (Lipinski definition) is 1. The van der Waals surface area contributed by atoms with Gasteiger partial charge in [0.1, 0.15) is 17.1 Å². The zero-order valence-corrected chi connectivity index (χ0v) is 12.7. The topological polar surface area (TPSA) is 108 Å². The van der Waals surface area contributed by atoms with Crippen LogP contribution in [0, 0.1) is 24.0 Å². The van der Waals surface area contributed by atoms with E-state index >= 15 is 0 Å². The largest absolute Gasteiger partial charge is 0.349 e.